The summed E-state index contributed by atoms with van der Waals surface area (Å²) in [7, 11) is 0. The summed E-state index contributed by atoms with van der Waals surface area (Å²) in [5.41, 5.74) is 3.44. The van der Waals surface area contributed by atoms with Crippen molar-refractivity contribution >= 4 is 33.6 Å². The Hall–Kier alpha value is -3.70. The van der Waals surface area contributed by atoms with Crippen LogP contribution in [0.5, 0.6) is 0 Å². The fraction of sp³-hybridized carbons (Fsp3) is 0.385. The topological polar surface area (TPSA) is 109 Å². The smallest absolute Gasteiger partial charge is 0.270 e. The third-order valence-corrected chi connectivity index (χ3v) is 7.22. The third-order valence-electron chi connectivity index (χ3n) is 7.22. The highest BCUT2D eigenvalue weighted by atomic mass is 16.3. The average Bonchev–Trinajstić information content (AvgIpc) is 3.54. The number of piperidine rings is 1. The van der Waals surface area contributed by atoms with Gasteiger partial charge in [0.1, 0.15) is 22.9 Å². The second-order valence-electron chi connectivity index (χ2n) is 9.31. The zero-order valence-corrected chi connectivity index (χ0v) is 18.9. The van der Waals surface area contributed by atoms with E-state index in [1.54, 1.807) is 16.8 Å². The lowest BCUT2D eigenvalue weighted by Crippen LogP contribution is -2.26. The van der Waals surface area contributed by atoms with Crippen molar-refractivity contribution in [2.24, 2.45) is 0 Å². The molecule has 8 heteroatoms. The van der Waals surface area contributed by atoms with E-state index in [1.165, 1.54) is 5.56 Å². The molecule has 0 unspecified atom stereocenters. The van der Waals surface area contributed by atoms with Crippen LogP contribution in [0.3, 0.4) is 0 Å². The van der Waals surface area contributed by atoms with E-state index in [0.717, 1.165) is 68.3 Å². The molecule has 8 nitrogen and oxygen atoms in total. The first-order chi connectivity index (χ1) is 16.7. The van der Waals surface area contributed by atoms with Crippen LogP contribution in [-0.4, -0.2) is 27.6 Å². The summed E-state index contributed by atoms with van der Waals surface area (Å²) in [5.74, 6) is 0.916. The molecule has 0 radical (unpaired) electrons. The van der Waals surface area contributed by atoms with Crippen LogP contribution >= 0.6 is 0 Å². The molecule has 1 aliphatic heterocycles. The SMILES string of the molecule is N#Cc1cc2cnc(Nc3ccc4occ(C5CCNCC5)c4c3)nc2n(C2CCCC2)c1=O. The van der Waals surface area contributed by atoms with Crippen LogP contribution in [0.15, 0.2) is 45.9 Å². The molecule has 0 amide bonds. The van der Waals surface area contributed by atoms with E-state index in [0.29, 0.717) is 22.9 Å². The Morgan fingerprint density at radius 1 is 1.15 bits per heavy atom. The summed E-state index contributed by atoms with van der Waals surface area (Å²) in [6, 6.07) is 9.71. The molecule has 0 bridgehead atoms. The van der Waals surface area contributed by atoms with Gasteiger partial charge in [-0.2, -0.15) is 10.2 Å². The van der Waals surface area contributed by atoms with Crippen molar-refractivity contribution in [1.29, 1.82) is 5.26 Å². The number of fused-ring (bicyclic) bond motifs is 2. The molecule has 6 rings (SSSR count). The summed E-state index contributed by atoms with van der Waals surface area (Å²) in [6.07, 6.45) is 9.79. The van der Waals surface area contributed by atoms with Crippen LogP contribution in [0.2, 0.25) is 0 Å². The largest absolute Gasteiger partial charge is 0.464 e. The van der Waals surface area contributed by atoms with Gasteiger partial charge in [0.15, 0.2) is 0 Å². The number of benzene rings is 1. The molecule has 0 spiro atoms. The normalized spacial score (nSPS) is 17.4. The first-order valence-electron chi connectivity index (χ1n) is 12.0. The highest BCUT2D eigenvalue weighted by Crippen LogP contribution is 2.35. The molecule has 2 fully saturated rings. The van der Waals surface area contributed by atoms with Gasteiger partial charge in [0.25, 0.3) is 5.56 Å². The Labute approximate surface area is 196 Å². The molecular weight excluding hydrogens is 428 g/mol. The second kappa shape index (κ2) is 8.58. The number of rotatable bonds is 4. The van der Waals surface area contributed by atoms with Gasteiger partial charge in [0.05, 0.1) is 6.26 Å². The summed E-state index contributed by atoms with van der Waals surface area (Å²) in [6.45, 7) is 2.05. The molecule has 1 saturated heterocycles. The Bertz CT molecular complexity index is 1470. The Kier molecular flexibility index (Phi) is 5.27. The third kappa shape index (κ3) is 3.62. The van der Waals surface area contributed by atoms with Crippen LogP contribution < -0.4 is 16.2 Å². The van der Waals surface area contributed by atoms with E-state index in [1.807, 2.05) is 24.5 Å². The average molecular weight is 455 g/mol. The lowest BCUT2D eigenvalue weighted by atomic mass is 9.90. The number of furan rings is 1. The monoisotopic (exact) mass is 454 g/mol. The van der Waals surface area contributed by atoms with Gasteiger partial charge in [0.2, 0.25) is 5.95 Å². The molecule has 1 saturated carbocycles. The Balaban J connectivity index is 1.38. The first-order valence-corrected chi connectivity index (χ1v) is 12.0. The highest BCUT2D eigenvalue weighted by Gasteiger charge is 2.23. The predicted molar refractivity (Wildman–Crippen MR) is 130 cm³/mol. The molecular formula is C26H26N6O2. The van der Waals surface area contributed by atoms with Crippen LogP contribution in [0.25, 0.3) is 22.0 Å². The lowest BCUT2D eigenvalue weighted by molar-refractivity contribution is 0.457. The number of nitrogens with zero attached hydrogens (tertiary/aromatic N) is 4. The molecule has 2 N–H and O–H groups in total. The fourth-order valence-corrected chi connectivity index (χ4v) is 5.47. The fourth-order valence-electron chi connectivity index (χ4n) is 5.47. The van der Waals surface area contributed by atoms with Gasteiger partial charge in [0, 0.05) is 34.3 Å². The van der Waals surface area contributed by atoms with Gasteiger partial charge in [-0.1, -0.05) is 12.8 Å². The van der Waals surface area contributed by atoms with E-state index in [2.05, 4.69) is 21.7 Å². The number of pyridine rings is 1. The standard InChI is InChI=1S/C26H26N6O2/c27-13-17-11-18-14-29-26(31-24(18)32(25(17)33)20-3-1-2-4-20)30-19-5-6-23-21(12-19)22(15-34-23)16-7-9-28-10-8-16/h5-6,11-12,14-16,20,28H,1-4,7-10H2,(H,29,30,31). The highest BCUT2D eigenvalue weighted by molar-refractivity contribution is 5.86. The Morgan fingerprint density at radius 3 is 2.76 bits per heavy atom. The van der Waals surface area contributed by atoms with E-state index in [9.17, 15) is 10.1 Å². The van der Waals surface area contributed by atoms with Crippen molar-refractivity contribution in [2.75, 3.05) is 18.4 Å². The number of anilines is 2. The van der Waals surface area contributed by atoms with Gasteiger partial charge in [-0.25, -0.2) is 4.98 Å². The van der Waals surface area contributed by atoms with Crippen LogP contribution in [0.4, 0.5) is 11.6 Å². The van der Waals surface area contributed by atoms with Gasteiger partial charge in [-0.05, 0) is 69.0 Å². The van der Waals surface area contributed by atoms with Crippen LogP contribution in [0.1, 0.15) is 61.6 Å². The maximum atomic E-state index is 13.0. The predicted octanol–water partition coefficient (Wildman–Crippen LogP) is 4.74. The molecule has 0 atom stereocenters. The molecule has 172 valence electrons. The van der Waals surface area contributed by atoms with Crippen molar-refractivity contribution in [3.8, 4) is 6.07 Å². The number of nitrogens with one attached hydrogen (secondary N) is 2. The molecule has 2 aliphatic rings. The van der Waals surface area contributed by atoms with Crippen molar-refractivity contribution in [3.63, 3.8) is 0 Å². The molecule has 1 aliphatic carbocycles. The van der Waals surface area contributed by atoms with Gasteiger partial charge in [-0.15, -0.1) is 0 Å². The maximum absolute atomic E-state index is 13.0. The zero-order chi connectivity index (χ0) is 23.1. The van der Waals surface area contributed by atoms with E-state index >= 15 is 0 Å². The van der Waals surface area contributed by atoms with E-state index in [4.69, 9.17) is 9.40 Å². The van der Waals surface area contributed by atoms with Gasteiger partial charge in [-0.3, -0.25) is 9.36 Å². The number of nitriles is 1. The molecule has 4 heterocycles. The minimum absolute atomic E-state index is 0.0703. The van der Waals surface area contributed by atoms with Gasteiger partial charge < -0.3 is 15.1 Å². The summed E-state index contributed by atoms with van der Waals surface area (Å²) in [4.78, 5) is 22.2. The molecule has 34 heavy (non-hydrogen) atoms. The lowest BCUT2D eigenvalue weighted by Gasteiger charge is -2.21. The molecule has 3 aromatic heterocycles. The maximum Gasteiger partial charge on any atom is 0.270 e. The number of hydrogen-bond donors (Lipinski definition) is 2. The van der Waals surface area contributed by atoms with Crippen LogP contribution in [-0.2, 0) is 0 Å². The molecule has 1 aromatic carbocycles. The van der Waals surface area contributed by atoms with E-state index in [-0.39, 0.29) is 17.2 Å². The number of hydrogen-bond acceptors (Lipinski definition) is 7. The van der Waals surface area contributed by atoms with Crippen LogP contribution in [0, 0.1) is 11.3 Å². The summed E-state index contributed by atoms with van der Waals surface area (Å²) < 4.78 is 7.54. The molecule has 4 aromatic rings. The first kappa shape index (κ1) is 20.9. The Morgan fingerprint density at radius 2 is 1.97 bits per heavy atom. The summed E-state index contributed by atoms with van der Waals surface area (Å²) in [5, 5.41) is 18.0. The number of aromatic nitrogens is 3. The van der Waals surface area contributed by atoms with Gasteiger partial charge >= 0.3 is 0 Å². The van der Waals surface area contributed by atoms with Crippen molar-refractivity contribution < 1.29 is 4.42 Å². The second-order valence-corrected chi connectivity index (χ2v) is 9.31. The van der Waals surface area contributed by atoms with Crippen molar-refractivity contribution in [3.05, 3.63) is 58.2 Å². The van der Waals surface area contributed by atoms with Crippen molar-refractivity contribution in [1.82, 2.24) is 19.9 Å². The van der Waals surface area contributed by atoms with E-state index < -0.39 is 0 Å². The minimum atomic E-state index is -0.266. The zero-order valence-electron chi connectivity index (χ0n) is 18.9. The minimum Gasteiger partial charge on any atom is -0.464 e. The van der Waals surface area contributed by atoms with Crippen molar-refractivity contribution in [2.45, 2.75) is 50.5 Å². The quantitative estimate of drug-likeness (QED) is 0.459. The summed E-state index contributed by atoms with van der Waals surface area (Å²) >= 11 is 0.